The van der Waals surface area contributed by atoms with Crippen LogP contribution in [0.4, 0.5) is 10.5 Å². The van der Waals surface area contributed by atoms with Gasteiger partial charge in [-0.2, -0.15) is 0 Å². The lowest BCUT2D eigenvalue weighted by atomic mass is 10.1. The highest BCUT2D eigenvalue weighted by Gasteiger charge is 2.34. The number of hydrogen-bond acceptors (Lipinski definition) is 4. The first-order valence-corrected chi connectivity index (χ1v) is 9.53. The molecule has 0 saturated carbocycles. The van der Waals surface area contributed by atoms with E-state index in [0.717, 1.165) is 5.56 Å². The van der Waals surface area contributed by atoms with Crippen LogP contribution in [0.15, 0.2) is 30.3 Å². The normalized spacial score (nSPS) is 17.2. The number of rotatable bonds is 5. The quantitative estimate of drug-likeness (QED) is 0.757. The minimum absolute atomic E-state index is 0.271. The van der Waals surface area contributed by atoms with Crippen LogP contribution in [0.1, 0.15) is 26.3 Å². The highest BCUT2D eigenvalue weighted by Crippen LogP contribution is 2.49. The molecule has 1 aliphatic rings. The standard InChI is InChI=1S/C16H22NO4P/c1-4-20-16(18)17-14-10-8-7-9-13(14)11-12-15(17)21-22(19,5-2)6-3/h7-12,15H,4-6H2,1-3H3. The lowest BCUT2D eigenvalue weighted by molar-refractivity contribution is 0.144. The van der Waals surface area contributed by atoms with Crippen LogP contribution in [0.3, 0.4) is 0 Å². The number of para-hydroxylation sites is 1. The van der Waals surface area contributed by atoms with Crippen LogP contribution in [0.2, 0.25) is 0 Å². The number of benzene rings is 1. The van der Waals surface area contributed by atoms with E-state index in [1.54, 1.807) is 13.0 Å². The summed E-state index contributed by atoms with van der Waals surface area (Å²) in [6.45, 7) is 5.69. The molecule has 0 aromatic heterocycles. The van der Waals surface area contributed by atoms with Crippen LogP contribution < -0.4 is 4.90 Å². The Kier molecular flexibility index (Phi) is 5.43. The maximum Gasteiger partial charge on any atom is 0.416 e. The van der Waals surface area contributed by atoms with Crippen molar-refractivity contribution in [2.24, 2.45) is 0 Å². The van der Waals surface area contributed by atoms with Crippen LogP contribution in [-0.2, 0) is 13.8 Å². The zero-order chi connectivity index (χ0) is 16.2. The average molecular weight is 323 g/mol. The SMILES string of the molecule is CCOC(=O)N1c2ccccc2C=CC1OP(=O)(CC)CC. The molecule has 0 saturated heterocycles. The van der Waals surface area contributed by atoms with Crippen molar-refractivity contribution in [3.63, 3.8) is 0 Å². The molecule has 5 nitrogen and oxygen atoms in total. The molecule has 0 bridgehead atoms. The molecule has 6 heteroatoms. The number of anilines is 1. The van der Waals surface area contributed by atoms with E-state index in [0.29, 0.717) is 18.0 Å². The molecule has 22 heavy (non-hydrogen) atoms. The second-order valence-corrected chi connectivity index (χ2v) is 8.03. The predicted molar refractivity (Wildman–Crippen MR) is 88.5 cm³/mol. The van der Waals surface area contributed by atoms with Crippen LogP contribution in [-0.4, -0.2) is 31.3 Å². The summed E-state index contributed by atoms with van der Waals surface area (Å²) in [5.41, 5.74) is 1.60. The van der Waals surface area contributed by atoms with Gasteiger partial charge >= 0.3 is 6.09 Å². The van der Waals surface area contributed by atoms with E-state index in [9.17, 15) is 9.36 Å². The second kappa shape index (κ2) is 7.12. The largest absolute Gasteiger partial charge is 0.449 e. The van der Waals surface area contributed by atoms with E-state index >= 15 is 0 Å². The average Bonchev–Trinajstić information content (AvgIpc) is 2.54. The Bertz CT molecular complexity index is 606. The Labute approximate surface area is 131 Å². The maximum absolute atomic E-state index is 12.6. The molecule has 0 spiro atoms. The van der Waals surface area contributed by atoms with Crippen LogP contribution in [0, 0.1) is 0 Å². The van der Waals surface area contributed by atoms with E-state index in [4.69, 9.17) is 9.26 Å². The van der Waals surface area contributed by atoms with Crippen molar-refractivity contribution in [2.75, 3.05) is 23.8 Å². The van der Waals surface area contributed by atoms with Crippen molar-refractivity contribution in [2.45, 2.75) is 27.0 Å². The first kappa shape index (κ1) is 16.8. The molecule has 1 aromatic carbocycles. The van der Waals surface area contributed by atoms with E-state index in [-0.39, 0.29) is 6.61 Å². The highest BCUT2D eigenvalue weighted by molar-refractivity contribution is 7.58. The molecule has 1 amide bonds. The predicted octanol–water partition coefficient (Wildman–Crippen LogP) is 4.34. The number of carbonyl (C=O) groups is 1. The number of hydrogen-bond donors (Lipinski definition) is 0. The van der Waals surface area contributed by atoms with Gasteiger partial charge in [-0.3, -0.25) is 9.09 Å². The van der Waals surface area contributed by atoms with Gasteiger partial charge in [-0.1, -0.05) is 38.1 Å². The summed E-state index contributed by atoms with van der Waals surface area (Å²) in [7, 11) is -2.76. The molecule has 0 aliphatic carbocycles. The Balaban J connectivity index is 2.37. The summed E-state index contributed by atoms with van der Waals surface area (Å²) in [5, 5.41) is 0. The summed E-state index contributed by atoms with van der Waals surface area (Å²) in [5.74, 6) is 0. The van der Waals surface area contributed by atoms with Crippen LogP contribution in [0.25, 0.3) is 6.08 Å². The number of fused-ring (bicyclic) bond motifs is 1. The molecule has 120 valence electrons. The fourth-order valence-corrected chi connectivity index (χ4v) is 3.61. The van der Waals surface area contributed by atoms with Crippen molar-refractivity contribution in [1.82, 2.24) is 0 Å². The van der Waals surface area contributed by atoms with Gasteiger partial charge < -0.3 is 4.74 Å². The minimum Gasteiger partial charge on any atom is -0.449 e. The van der Waals surface area contributed by atoms with E-state index in [2.05, 4.69) is 0 Å². The summed E-state index contributed by atoms with van der Waals surface area (Å²) >= 11 is 0. The highest BCUT2D eigenvalue weighted by atomic mass is 31.2. The van der Waals surface area contributed by atoms with Gasteiger partial charge in [0.25, 0.3) is 0 Å². The summed E-state index contributed by atoms with van der Waals surface area (Å²) in [4.78, 5) is 13.8. The first-order chi connectivity index (χ1) is 10.5. The van der Waals surface area contributed by atoms with E-state index < -0.39 is 19.7 Å². The van der Waals surface area contributed by atoms with Gasteiger partial charge in [0.15, 0.2) is 6.23 Å². The van der Waals surface area contributed by atoms with E-state index in [1.807, 2.05) is 44.2 Å². The Morgan fingerprint density at radius 2 is 1.91 bits per heavy atom. The third-order valence-corrected chi connectivity index (χ3v) is 6.15. The maximum atomic E-state index is 12.6. The summed E-state index contributed by atoms with van der Waals surface area (Å²) in [6, 6.07) is 7.49. The van der Waals surface area contributed by atoms with Crippen molar-refractivity contribution < 1.29 is 18.6 Å². The van der Waals surface area contributed by atoms with Crippen LogP contribution >= 0.6 is 7.37 Å². The molecule has 0 N–H and O–H groups in total. The van der Waals surface area contributed by atoms with Crippen molar-refractivity contribution >= 4 is 25.2 Å². The van der Waals surface area contributed by atoms with Crippen molar-refractivity contribution in [1.29, 1.82) is 0 Å². The lowest BCUT2D eigenvalue weighted by Crippen LogP contribution is -2.43. The molecular weight excluding hydrogens is 301 g/mol. The van der Waals surface area contributed by atoms with E-state index in [1.165, 1.54) is 4.90 Å². The minimum atomic E-state index is -2.76. The molecule has 2 rings (SSSR count). The molecule has 1 aliphatic heterocycles. The number of carbonyl (C=O) groups excluding carboxylic acids is 1. The van der Waals surface area contributed by atoms with Gasteiger partial charge in [-0.15, -0.1) is 0 Å². The van der Waals surface area contributed by atoms with Gasteiger partial charge in [0.2, 0.25) is 7.37 Å². The molecule has 1 aromatic rings. The number of amides is 1. The van der Waals surface area contributed by atoms with Gasteiger partial charge in [-0.05, 0) is 24.6 Å². The zero-order valence-electron chi connectivity index (χ0n) is 13.2. The Morgan fingerprint density at radius 1 is 1.23 bits per heavy atom. The molecule has 1 heterocycles. The fraction of sp³-hybridized carbons (Fsp3) is 0.438. The third kappa shape index (κ3) is 3.42. The first-order valence-electron chi connectivity index (χ1n) is 7.54. The van der Waals surface area contributed by atoms with Gasteiger partial charge in [0.1, 0.15) is 0 Å². The molecule has 0 fully saturated rings. The fourth-order valence-electron chi connectivity index (χ4n) is 2.30. The smallest absolute Gasteiger partial charge is 0.416 e. The number of ether oxygens (including phenoxy) is 1. The number of nitrogens with zero attached hydrogens (tertiary/aromatic N) is 1. The Morgan fingerprint density at radius 3 is 2.55 bits per heavy atom. The van der Waals surface area contributed by atoms with Gasteiger partial charge in [0, 0.05) is 12.3 Å². The monoisotopic (exact) mass is 323 g/mol. The Hall–Kier alpha value is -1.58. The van der Waals surface area contributed by atoms with Crippen LogP contribution in [0.5, 0.6) is 0 Å². The topological polar surface area (TPSA) is 55.8 Å². The zero-order valence-corrected chi connectivity index (χ0v) is 14.1. The molecular formula is C16H22NO4P. The van der Waals surface area contributed by atoms with Crippen molar-refractivity contribution in [3.8, 4) is 0 Å². The lowest BCUT2D eigenvalue weighted by Gasteiger charge is -2.34. The summed E-state index contributed by atoms with van der Waals surface area (Å²) in [6.07, 6.45) is 3.30. The molecule has 0 radical (unpaired) electrons. The van der Waals surface area contributed by atoms with Gasteiger partial charge in [0.05, 0.1) is 12.3 Å². The molecule has 1 atom stereocenters. The molecule has 1 unspecified atom stereocenters. The van der Waals surface area contributed by atoms with Gasteiger partial charge in [-0.25, -0.2) is 9.69 Å². The second-order valence-electron chi connectivity index (χ2n) is 4.93. The third-order valence-electron chi connectivity index (χ3n) is 3.62. The van der Waals surface area contributed by atoms with Crippen molar-refractivity contribution in [3.05, 3.63) is 35.9 Å². The summed E-state index contributed by atoms with van der Waals surface area (Å²) < 4.78 is 23.6.